The summed E-state index contributed by atoms with van der Waals surface area (Å²) >= 11 is 0. The van der Waals surface area contributed by atoms with Crippen molar-refractivity contribution < 1.29 is 6.11 Å². The van der Waals surface area contributed by atoms with Crippen molar-refractivity contribution in [3.05, 3.63) is 0 Å². The second-order valence-electron chi connectivity index (χ2n) is 4.53. The van der Waals surface area contributed by atoms with Crippen molar-refractivity contribution in [3.63, 3.8) is 0 Å². The highest BCUT2D eigenvalue weighted by molar-refractivity contribution is 4.95. The van der Waals surface area contributed by atoms with E-state index >= 15 is 0 Å². The summed E-state index contributed by atoms with van der Waals surface area (Å²) in [6.45, 7) is 6.34. The SMILES string of the molecule is [2H][C@@]1(C)CCC2C[C@@H]1OC2(C)C. The predicted molar refractivity (Wildman–Crippen MR) is 45.5 cm³/mol. The Kier molecular flexibility index (Phi) is 1.31. The van der Waals surface area contributed by atoms with Gasteiger partial charge in [0.2, 0.25) is 0 Å². The second-order valence-corrected chi connectivity index (χ2v) is 4.53. The van der Waals surface area contributed by atoms with Crippen molar-refractivity contribution in [1.29, 1.82) is 0 Å². The van der Waals surface area contributed by atoms with Crippen LogP contribution in [-0.4, -0.2) is 11.7 Å². The van der Waals surface area contributed by atoms with Crippen LogP contribution in [0.2, 0.25) is 0 Å². The Hall–Kier alpha value is -0.0400. The van der Waals surface area contributed by atoms with E-state index in [2.05, 4.69) is 13.8 Å². The quantitative estimate of drug-likeness (QED) is 0.522. The number of fused-ring (bicyclic) bond motifs is 2. The number of hydrogen-bond donors (Lipinski definition) is 0. The van der Waals surface area contributed by atoms with E-state index in [9.17, 15) is 0 Å². The minimum absolute atomic E-state index is 0.0312. The van der Waals surface area contributed by atoms with Gasteiger partial charge in [-0.25, -0.2) is 0 Å². The Morgan fingerprint density at radius 3 is 2.82 bits per heavy atom. The fourth-order valence-corrected chi connectivity index (χ4v) is 2.38. The van der Waals surface area contributed by atoms with E-state index in [-0.39, 0.29) is 17.6 Å². The minimum atomic E-state index is -0.329. The van der Waals surface area contributed by atoms with E-state index in [0.717, 1.165) is 12.8 Å². The average Bonchev–Trinajstić information content (AvgIpc) is 2.17. The van der Waals surface area contributed by atoms with Gasteiger partial charge < -0.3 is 4.74 Å². The molecule has 1 aliphatic heterocycles. The van der Waals surface area contributed by atoms with Crippen molar-refractivity contribution >= 4 is 0 Å². The standard InChI is InChI=1S/C10H18O/c1-7-4-5-8-6-9(7)11-10(8,2)3/h7-9H,4-6H2,1-3H3/t7-,8?,9+/m1/s1/i7D. The van der Waals surface area contributed by atoms with Gasteiger partial charge in [-0.05, 0) is 44.9 Å². The van der Waals surface area contributed by atoms with E-state index in [1.807, 2.05) is 6.92 Å². The third-order valence-electron chi connectivity index (χ3n) is 3.36. The van der Waals surface area contributed by atoms with Crippen LogP contribution in [0.3, 0.4) is 0 Å². The molecule has 0 aromatic heterocycles. The number of ether oxygens (including phenoxy) is 1. The maximum Gasteiger partial charge on any atom is 0.0659 e. The first-order valence-electron chi connectivity index (χ1n) is 5.10. The first-order chi connectivity index (χ1) is 5.42. The molecule has 1 unspecified atom stereocenters. The van der Waals surface area contributed by atoms with Crippen molar-refractivity contribution in [2.75, 3.05) is 0 Å². The lowest BCUT2D eigenvalue weighted by atomic mass is 9.78. The molecule has 2 rings (SSSR count). The number of hydrogen-bond acceptors (Lipinski definition) is 1. The van der Waals surface area contributed by atoms with Crippen LogP contribution in [-0.2, 0) is 4.74 Å². The lowest BCUT2D eigenvalue weighted by Crippen LogP contribution is -2.26. The fourth-order valence-electron chi connectivity index (χ4n) is 2.38. The summed E-state index contributed by atoms with van der Waals surface area (Å²) in [6, 6.07) is 0. The van der Waals surface area contributed by atoms with Gasteiger partial charge in [0.25, 0.3) is 0 Å². The Bertz CT molecular complexity index is 196. The lowest BCUT2D eigenvalue weighted by Gasteiger charge is -2.25. The third kappa shape index (κ3) is 1.10. The third-order valence-corrected chi connectivity index (χ3v) is 3.36. The largest absolute Gasteiger partial charge is 0.372 e. The van der Waals surface area contributed by atoms with Crippen LogP contribution in [0.4, 0.5) is 0 Å². The summed E-state index contributed by atoms with van der Waals surface area (Å²) < 4.78 is 14.0. The Labute approximate surface area is 70.5 Å². The molecule has 2 fully saturated rings. The molecule has 1 saturated heterocycles. The van der Waals surface area contributed by atoms with E-state index in [0.29, 0.717) is 5.92 Å². The van der Waals surface area contributed by atoms with Crippen molar-refractivity contribution in [1.82, 2.24) is 0 Å². The molecular formula is C10H18O. The fraction of sp³-hybridized carbons (Fsp3) is 1.00. The van der Waals surface area contributed by atoms with Crippen LogP contribution in [0.5, 0.6) is 0 Å². The van der Waals surface area contributed by atoms with Crippen molar-refractivity contribution in [3.8, 4) is 0 Å². The Morgan fingerprint density at radius 2 is 2.18 bits per heavy atom. The molecule has 1 saturated carbocycles. The van der Waals surface area contributed by atoms with Crippen LogP contribution in [0.1, 0.15) is 41.4 Å². The van der Waals surface area contributed by atoms with Gasteiger partial charge in [-0.3, -0.25) is 0 Å². The smallest absolute Gasteiger partial charge is 0.0659 e. The zero-order valence-corrected chi connectivity index (χ0v) is 7.68. The molecule has 0 N–H and O–H groups in total. The molecule has 1 aliphatic carbocycles. The molecule has 64 valence electrons. The lowest BCUT2D eigenvalue weighted by molar-refractivity contribution is -0.0373. The van der Waals surface area contributed by atoms with E-state index in [1.165, 1.54) is 6.42 Å². The van der Waals surface area contributed by atoms with Gasteiger partial charge in [-0.15, -0.1) is 0 Å². The Balaban J connectivity index is 2.21. The molecule has 0 amide bonds. The first kappa shape index (κ1) is 6.47. The molecule has 11 heavy (non-hydrogen) atoms. The van der Waals surface area contributed by atoms with Gasteiger partial charge in [-0.2, -0.15) is 0 Å². The highest BCUT2D eigenvalue weighted by Gasteiger charge is 2.46. The first-order valence-corrected chi connectivity index (χ1v) is 4.60. The summed E-state index contributed by atoms with van der Waals surface area (Å²) in [7, 11) is 0. The van der Waals surface area contributed by atoms with E-state index in [4.69, 9.17) is 6.11 Å². The van der Waals surface area contributed by atoms with E-state index in [1.54, 1.807) is 0 Å². The molecule has 2 aliphatic rings. The highest BCUT2D eigenvalue weighted by atomic mass is 16.5. The molecule has 3 atom stereocenters. The summed E-state index contributed by atoms with van der Waals surface area (Å²) in [4.78, 5) is 0. The van der Waals surface area contributed by atoms with Crippen molar-refractivity contribution in [2.45, 2.75) is 51.7 Å². The van der Waals surface area contributed by atoms with Gasteiger partial charge in [0.05, 0.1) is 11.7 Å². The van der Waals surface area contributed by atoms with Gasteiger partial charge in [0.1, 0.15) is 0 Å². The molecular weight excluding hydrogens is 136 g/mol. The van der Waals surface area contributed by atoms with Gasteiger partial charge >= 0.3 is 0 Å². The van der Waals surface area contributed by atoms with Gasteiger partial charge in [0, 0.05) is 1.37 Å². The minimum Gasteiger partial charge on any atom is -0.372 e. The number of rotatable bonds is 0. The predicted octanol–water partition coefficient (Wildman–Crippen LogP) is 2.60. The summed E-state index contributed by atoms with van der Waals surface area (Å²) in [5.74, 6) is 0.366. The van der Waals surface area contributed by atoms with Crippen LogP contribution in [0.25, 0.3) is 0 Å². The molecule has 0 radical (unpaired) electrons. The molecule has 1 heterocycles. The highest BCUT2D eigenvalue weighted by Crippen LogP contribution is 2.46. The molecule has 0 aromatic rings. The summed E-state index contributed by atoms with van der Waals surface area (Å²) in [5, 5.41) is 0. The maximum absolute atomic E-state index is 8.06. The zero-order valence-electron chi connectivity index (χ0n) is 8.68. The van der Waals surface area contributed by atoms with E-state index < -0.39 is 0 Å². The molecule has 2 bridgehead atoms. The van der Waals surface area contributed by atoms with Crippen LogP contribution < -0.4 is 0 Å². The van der Waals surface area contributed by atoms with Crippen LogP contribution in [0, 0.1) is 11.8 Å². The summed E-state index contributed by atoms with van der Waals surface area (Å²) in [6.07, 6.45) is 3.47. The normalized spacial score (nSPS) is 55.7. The Morgan fingerprint density at radius 1 is 1.45 bits per heavy atom. The van der Waals surface area contributed by atoms with Crippen LogP contribution >= 0.6 is 0 Å². The second kappa shape index (κ2) is 2.22. The monoisotopic (exact) mass is 155 g/mol. The van der Waals surface area contributed by atoms with Crippen molar-refractivity contribution in [2.24, 2.45) is 11.8 Å². The average molecular weight is 155 g/mol. The van der Waals surface area contributed by atoms with Gasteiger partial charge in [-0.1, -0.05) is 6.92 Å². The summed E-state index contributed by atoms with van der Waals surface area (Å²) in [5.41, 5.74) is 0.0312. The molecule has 0 aromatic carbocycles. The molecule has 1 heteroatoms. The maximum atomic E-state index is 8.06. The van der Waals surface area contributed by atoms with Crippen LogP contribution in [0.15, 0.2) is 0 Å². The topological polar surface area (TPSA) is 9.23 Å². The molecule has 1 nitrogen and oxygen atoms in total. The zero-order chi connectivity index (χ0) is 8.98. The molecule has 0 spiro atoms. The van der Waals surface area contributed by atoms with Gasteiger partial charge in [0.15, 0.2) is 0 Å².